The summed E-state index contributed by atoms with van der Waals surface area (Å²) < 4.78 is 7.34. The quantitative estimate of drug-likeness (QED) is 0.447. The Hall–Kier alpha value is -2.68. The molecule has 1 aromatic carbocycles. The van der Waals surface area contributed by atoms with Crippen molar-refractivity contribution in [2.45, 2.75) is 19.5 Å². The number of benzene rings is 1. The van der Waals surface area contributed by atoms with E-state index in [2.05, 4.69) is 40.4 Å². The number of hydrogen-bond donors (Lipinski definition) is 3. The van der Waals surface area contributed by atoms with E-state index >= 15 is 0 Å². The van der Waals surface area contributed by atoms with Gasteiger partial charge in [0.05, 0.1) is 6.26 Å². The number of aryl methyl sites for hydroxylation is 1. The predicted molar refractivity (Wildman–Crippen MR) is 109 cm³/mol. The number of fused-ring (bicyclic) bond motifs is 1. The standard InChI is InChI=1S/C21H23N5O2S/c1-15-22-21-26(23-15)20(27)19(29-21)18(17-8-5-13-28-17)25-11-9-24(10-12-25)14-16-6-3-2-4-7-16/h2-8,13,18,27H,9-12,14H2,1H3/p+2/t18-/m0/s1. The third-order valence-electron chi connectivity index (χ3n) is 5.70. The summed E-state index contributed by atoms with van der Waals surface area (Å²) in [5, 5.41) is 15.2. The van der Waals surface area contributed by atoms with E-state index in [0.29, 0.717) is 5.82 Å². The van der Waals surface area contributed by atoms with Crippen molar-refractivity contribution < 1.29 is 19.3 Å². The summed E-state index contributed by atoms with van der Waals surface area (Å²) in [4.78, 5) is 9.03. The molecule has 0 bridgehead atoms. The van der Waals surface area contributed by atoms with Crippen LogP contribution in [0.1, 0.15) is 28.1 Å². The van der Waals surface area contributed by atoms with Crippen LogP contribution < -0.4 is 9.80 Å². The minimum absolute atomic E-state index is 0.0444. The van der Waals surface area contributed by atoms with Gasteiger partial charge in [-0.1, -0.05) is 41.7 Å². The van der Waals surface area contributed by atoms with Gasteiger partial charge >= 0.3 is 0 Å². The largest absolute Gasteiger partial charge is 0.492 e. The smallest absolute Gasteiger partial charge is 0.235 e. The lowest BCUT2D eigenvalue weighted by Gasteiger charge is -2.33. The van der Waals surface area contributed by atoms with Gasteiger partial charge in [-0.2, -0.15) is 4.52 Å². The minimum Gasteiger partial charge on any atom is -0.492 e. The van der Waals surface area contributed by atoms with Gasteiger partial charge in [-0.25, -0.2) is 4.98 Å². The monoisotopic (exact) mass is 411 g/mol. The molecule has 1 atom stereocenters. The Labute approximate surface area is 172 Å². The number of hydrogen-bond acceptors (Lipinski definition) is 5. The van der Waals surface area contributed by atoms with Crippen molar-refractivity contribution in [3.63, 3.8) is 0 Å². The highest BCUT2D eigenvalue weighted by atomic mass is 32.1. The zero-order valence-electron chi connectivity index (χ0n) is 16.3. The molecule has 4 heterocycles. The Morgan fingerprint density at radius 2 is 1.93 bits per heavy atom. The molecule has 0 aliphatic carbocycles. The number of aromatic hydroxyl groups is 1. The van der Waals surface area contributed by atoms with E-state index in [0.717, 1.165) is 48.3 Å². The molecule has 0 amide bonds. The molecule has 0 unspecified atom stereocenters. The van der Waals surface area contributed by atoms with Crippen LogP contribution >= 0.6 is 11.3 Å². The molecule has 0 radical (unpaired) electrons. The van der Waals surface area contributed by atoms with Gasteiger partial charge in [-0.05, 0) is 19.1 Å². The van der Waals surface area contributed by atoms with Crippen LogP contribution in [0.5, 0.6) is 5.88 Å². The first-order chi connectivity index (χ1) is 14.2. The number of rotatable bonds is 5. The normalized spacial score (nSPS) is 20.9. The van der Waals surface area contributed by atoms with Gasteiger partial charge in [0.25, 0.3) is 0 Å². The molecule has 150 valence electrons. The van der Waals surface area contributed by atoms with Gasteiger partial charge < -0.3 is 19.3 Å². The third kappa shape index (κ3) is 3.55. The molecule has 3 N–H and O–H groups in total. The van der Waals surface area contributed by atoms with Crippen LogP contribution in [0.4, 0.5) is 0 Å². The van der Waals surface area contributed by atoms with Crippen LogP contribution in [0.2, 0.25) is 0 Å². The number of furan rings is 1. The van der Waals surface area contributed by atoms with E-state index in [1.807, 2.05) is 19.1 Å². The first-order valence-corrected chi connectivity index (χ1v) is 10.8. The lowest BCUT2D eigenvalue weighted by molar-refractivity contribution is -1.03. The predicted octanol–water partition coefficient (Wildman–Crippen LogP) is 0.471. The van der Waals surface area contributed by atoms with Crippen LogP contribution in [0, 0.1) is 6.92 Å². The van der Waals surface area contributed by atoms with Crippen molar-refractivity contribution in [2.24, 2.45) is 0 Å². The summed E-state index contributed by atoms with van der Waals surface area (Å²) in [5.74, 6) is 1.72. The molecule has 7 nitrogen and oxygen atoms in total. The average Bonchev–Trinajstić information content (AvgIpc) is 3.44. The van der Waals surface area contributed by atoms with Gasteiger partial charge in [0.2, 0.25) is 10.8 Å². The Balaban J connectivity index is 1.38. The first kappa shape index (κ1) is 18.4. The number of piperazine rings is 1. The highest BCUT2D eigenvalue weighted by molar-refractivity contribution is 7.17. The lowest BCUT2D eigenvalue weighted by Crippen LogP contribution is -3.27. The van der Waals surface area contributed by atoms with Crippen LogP contribution in [-0.4, -0.2) is 45.9 Å². The zero-order chi connectivity index (χ0) is 19.8. The first-order valence-electron chi connectivity index (χ1n) is 9.99. The average molecular weight is 412 g/mol. The Bertz CT molecular complexity index is 1080. The second-order valence-corrected chi connectivity index (χ2v) is 8.67. The fourth-order valence-electron chi connectivity index (χ4n) is 4.28. The molecule has 4 aromatic rings. The van der Waals surface area contributed by atoms with Gasteiger partial charge in [0, 0.05) is 5.56 Å². The Morgan fingerprint density at radius 3 is 2.62 bits per heavy atom. The van der Waals surface area contributed by atoms with Crippen LogP contribution in [0.3, 0.4) is 0 Å². The fraction of sp³-hybridized carbons (Fsp3) is 0.333. The number of nitrogens with one attached hydrogen (secondary N) is 2. The van der Waals surface area contributed by atoms with E-state index in [-0.39, 0.29) is 11.9 Å². The van der Waals surface area contributed by atoms with E-state index in [1.54, 1.807) is 15.7 Å². The molecular formula is C21H25N5O2S+2. The van der Waals surface area contributed by atoms with E-state index in [4.69, 9.17) is 4.42 Å². The molecule has 5 rings (SSSR count). The van der Waals surface area contributed by atoms with E-state index < -0.39 is 0 Å². The SMILES string of the molecule is Cc1nc2sc([C@H](c3ccco3)[NH+]3CC[NH+](Cc4ccccc4)CC3)c(O)n2n1. The van der Waals surface area contributed by atoms with Crippen molar-refractivity contribution in [3.8, 4) is 5.88 Å². The molecule has 0 saturated carbocycles. The van der Waals surface area contributed by atoms with Gasteiger partial charge in [0.1, 0.15) is 43.4 Å². The minimum atomic E-state index is -0.0444. The molecule has 1 aliphatic rings. The van der Waals surface area contributed by atoms with E-state index in [9.17, 15) is 5.11 Å². The number of quaternary nitrogens is 2. The van der Waals surface area contributed by atoms with E-state index in [1.165, 1.54) is 21.8 Å². The lowest BCUT2D eigenvalue weighted by atomic mass is 10.1. The summed E-state index contributed by atoms with van der Waals surface area (Å²) >= 11 is 1.50. The molecule has 3 aromatic heterocycles. The topological polar surface area (TPSA) is 72.4 Å². The number of nitrogens with zero attached hydrogens (tertiary/aromatic N) is 3. The van der Waals surface area contributed by atoms with Gasteiger partial charge in [-0.3, -0.25) is 0 Å². The number of aromatic nitrogens is 3. The molecule has 8 heteroatoms. The maximum absolute atomic E-state index is 10.9. The third-order valence-corrected chi connectivity index (χ3v) is 6.79. The molecule has 1 saturated heterocycles. The second kappa shape index (κ2) is 7.62. The second-order valence-electron chi connectivity index (χ2n) is 7.66. The highest BCUT2D eigenvalue weighted by Crippen LogP contribution is 2.35. The fourth-order valence-corrected chi connectivity index (χ4v) is 5.45. The van der Waals surface area contributed by atoms with Crippen molar-refractivity contribution in [1.82, 2.24) is 14.6 Å². The van der Waals surface area contributed by atoms with Gasteiger partial charge in [-0.15, -0.1) is 5.10 Å². The Morgan fingerprint density at radius 1 is 1.14 bits per heavy atom. The highest BCUT2D eigenvalue weighted by Gasteiger charge is 2.37. The van der Waals surface area contributed by atoms with Crippen molar-refractivity contribution in [2.75, 3.05) is 26.2 Å². The maximum atomic E-state index is 10.9. The van der Waals surface area contributed by atoms with Crippen LogP contribution in [-0.2, 0) is 6.54 Å². The van der Waals surface area contributed by atoms with Crippen molar-refractivity contribution in [1.29, 1.82) is 0 Å². The maximum Gasteiger partial charge on any atom is 0.235 e. The summed E-state index contributed by atoms with van der Waals surface area (Å²) in [6, 6.07) is 14.5. The van der Waals surface area contributed by atoms with Crippen LogP contribution in [0.15, 0.2) is 53.1 Å². The summed E-state index contributed by atoms with van der Waals surface area (Å²) in [5.41, 5.74) is 1.38. The molecule has 0 spiro atoms. The Kier molecular flexibility index (Phi) is 4.83. The molecule has 1 fully saturated rings. The van der Waals surface area contributed by atoms with Crippen molar-refractivity contribution >= 4 is 16.3 Å². The van der Waals surface area contributed by atoms with Crippen molar-refractivity contribution in [3.05, 3.63) is 70.8 Å². The molecule has 29 heavy (non-hydrogen) atoms. The molecular weight excluding hydrogens is 386 g/mol. The van der Waals surface area contributed by atoms with Crippen LogP contribution in [0.25, 0.3) is 4.96 Å². The van der Waals surface area contributed by atoms with Gasteiger partial charge in [0.15, 0.2) is 11.8 Å². The summed E-state index contributed by atoms with van der Waals surface area (Å²) in [6.45, 7) is 7.09. The summed E-state index contributed by atoms with van der Waals surface area (Å²) in [6.07, 6.45) is 1.71. The molecule has 1 aliphatic heterocycles. The zero-order valence-corrected chi connectivity index (χ0v) is 17.2. The summed E-state index contributed by atoms with van der Waals surface area (Å²) in [7, 11) is 0. The number of thiazole rings is 1.